The van der Waals surface area contributed by atoms with Crippen LogP contribution in [0, 0.1) is 25.2 Å². The molecule has 0 fully saturated rings. The minimum Gasteiger partial charge on any atom is -0.367 e. The Morgan fingerprint density at radius 1 is 1.47 bits per heavy atom. The Morgan fingerprint density at radius 2 is 2.18 bits per heavy atom. The van der Waals surface area contributed by atoms with Crippen molar-refractivity contribution < 1.29 is 4.79 Å². The van der Waals surface area contributed by atoms with E-state index in [9.17, 15) is 4.79 Å². The van der Waals surface area contributed by atoms with E-state index in [1.807, 2.05) is 19.9 Å². The van der Waals surface area contributed by atoms with Gasteiger partial charge in [-0.1, -0.05) is 0 Å². The highest BCUT2D eigenvalue weighted by Gasteiger charge is 2.07. The first-order valence-electron chi connectivity index (χ1n) is 5.41. The van der Waals surface area contributed by atoms with Gasteiger partial charge in [0.2, 0.25) is 5.91 Å². The fourth-order valence-electron chi connectivity index (χ4n) is 1.53. The quantitative estimate of drug-likeness (QED) is 0.762. The third-order valence-corrected chi connectivity index (χ3v) is 2.25. The van der Waals surface area contributed by atoms with Crippen LogP contribution in [0.5, 0.6) is 0 Å². The van der Waals surface area contributed by atoms with E-state index in [1.165, 1.54) is 6.92 Å². The SMILES string of the molecule is CC(=O)NCCNc1nc(C)cc(C)c1C#N. The third-order valence-electron chi connectivity index (χ3n) is 2.25. The lowest BCUT2D eigenvalue weighted by atomic mass is 10.1. The van der Waals surface area contributed by atoms with Gasteiger partial charge >= 0.3 is 0 Å². The summed E-state index contributed by atoms with van der Waals surface area (Å²) >= 11 is 0. The highest BCUT2D eigenvalue weighted by atomic mass is 16.1. The predicted octanol–water partition coefficient (Wildman–Crippen LogP) is 1.12. The van der Waals surface area contributed by atoms with Crippen molar-refractivity contribution in [1.82, 2.24) is 10.3 Å². The third kappa shape index (κ3) is 3.76. The molecule has 0 saturated heterocycles. The van der Waals surface area contributed by atoms with Crippen LogP contribution in [0.2, 0.25) is 0 Å². The second-order valence-corrected chi connectivity index (χ2v) is 3.83. The average molecular weight is 232 g/mol. The number of nitriles is 1. The molecule has 17 heavy (non-hydrogen) atoms. The minimum atomic E-state index is -0.0688. The van der Waals surface area contributed by atoms with Crippen LogP contribution in [0.25, 0.3) is 0 Å². The Labute approximate surface area is 101 Å². The lowest BCUT2D eigenvalue weighted by Crippen LogP contribution is -2.26. The number of anilines is 1. The van der Waals surface area contributed by atoms with Gasteiger partial charge in [-0.05, 0) is 25.5 Å². The van der Waals surface area contributed by atoms with Gasteiger partial charge in [-0.15, -0.1) is 0 Å². The first kappa shape index (κ1) is 13.0. The van der Waals surface area contributed by atoms with Crippen LogP contribution in [0.4, 0.5) is 5.82 Å². The molecule has 0 spiro atoms. The van der Waals surface area contributed by atoms with Crippen LogP contribution in [-0.2, 0) is 4.79 Å². The molecule has 0 aliphatic carbocycles. The molecule has 0 atom stereocenters. The van der Waals surface area contributed by atoms with E-state index in [2.05, 4.69) is 21.7 Å². The van der Waals surface area contributed by atoms with Crippen LogP contribution >= 0.6 is 0 Å². The molecule has 0 unspecified atom stereocenters. The smallest absolute Gasteiger partial charge is 0.216 e. The maximum atomic E-state index is 10.7. The van der Waals surface area contributed by atoms with Crippen molar-refractivity contribution in [2.75, 3.05) is 18.4 Å². The molecule has 0 aliphatic heterocycles. The average Bonchev–Trinajstić information content (AvgIpc) is 2.23. The number of aryl methyl sites for hydroxylation is 2. The van der Waals surface area contributed by atoms with Crippen molar-refractivity contribution >= 4 is 11.7 Å². The lowest BCUT2D eigenvalue weighted by molar-refractivity contribution is -0.118. The van der Waals surface area contributed by atoms with Gasteiger partial charge < -0.3 is 10.6 Å². The largest absolute Gasteiger partial charge is 0.367 e. The fraction of sp³-hybridized carbons (Fsp3) is 0.417. The van der Waals surface area contributed by atoms with Crippen LogP contribution < -0.4 is 10.6 Å². The van der Waals surface area contributed by atoms with E-state index >= 15 is 0 Å². The normalized spacial score (nSPS) is 9.53. The number of carbonyl (C=O) groups excluding carboxylic acids is 1. The number of hydrogen-bond acceptors (Lipinski definition) is 4. The summed E-state index contributed by atoms with van der Waals surface area (Å²) < 4.78 is 0. The molecule has 0 aromatic carbocycles. The van der Waals surface area contributed by atoms with Gasteiger partial charge in [0.1, 0.15) is 11.9 Å². The maximum Gasteiger partial charge on any atom is 0.216 e. The van der Waals surface area contributed by atoms with E-state index in [1.54, 1.807) is 0 Å². The number of carbonyl (C=O) groups is 1. The van der Waals surface area contributed by atoms with Crippen molar-refractivity contribution in [3.8, 4) is 6.07 Å². The van der Waals surface area contributed by atoms with Gasteiger partial charge in [-0.25, -0.2) is 4.98 Å². The summed E-state index contributed by atoms with van der Waals surface area (Å²) in [6.07, 6.45) is 0. The van der Waals surface area contributed by atoms with Crippen molar-refractivity contribution in [3.05, 3.63) is 22.9 Å². The van der Waals surface area contributed by atoms with Crippen molar-refractivity contribution in [2.45, 2.75) is 20.8 Å². The molecule has 2 N–H and O–H groups in total. The Bertz CT molecular complexity index is 462. The highest BCUT2D eigenvalue weighted by Crippen LogP contribution is 2.16. The molecular formula is C12H16N4O. The van der Waals surface area contributed by atoms with E-state index in [4.69, 9.17) is 5.26 Å². The second kappa shape index (κ2) is 5.85. The minimum absolute atomic E-state index is 0.0688. The van der Waals surface area contributed by atoms with Gasteiger partial charge in [-0.3, -0.25) is 4.79 Å². The van der Waals surface area contributed by atoms with Crippen LogP contribution in [0.1, 0.15) is 23.7 Å². The van der Waals surface area contributed by atoms with Crippen molar-refractivity contribution in [3.63, 3.8) is 0 Å². The topological polar surface area (TPSA) is 77.8 Å². The first-order chi connectivity index (χ1) is 8.04. The maximum absolute atomic E-state index is 10.7. The molecule has 0 saturated carbocycles. The van der Waals surface area contributed by atoms with Gasteiger partial charge in [-0.2, -0.15) is 5.26 Å². The summed E-state index contributed by atoms with van der Waals surface area (Å²) in [5.41, 5.74) is 2.32. The molecule has 1 amide bonds. The lowest BCUT2D eigenvalue weighted by Gasteiger charge is -2.10. The number of rotatable bonds is 4. The van der Waals surface area contributed by atoms with E-state index in [0.717, 1.165) is 11.3 Å². The summed E-state index contributed by atoms with van der Waals surface area (Å²) in [6, 6.07) is 4.00. The number of pyridine rings is 1. The number of aromatic nitrogens is 1. The summed E-state index contributed by atoms with van der Waals surface area (Å²) in [6.45, 7) is 6.29. The van der Waals surface area contributed by atoms with E-state index in [0.29, 0.717) is 24.5 Å². The molecule has 5 nitrogen and oxygen atoms in total. The summed E-state index contributed by atoms with van der Waals surface area (Å²) in [5.74, 6) is 0.510. The van der Waals surface area contributed by atoms with Gasteiger partial charge in [0.25, 0.3) is 0 Å². The number of amides is 1. The number of nitrogens with one attached hydrogen (secondary N) is 2. The Hall–Kier alpha value is -2.09. The molecule has 0 aliphatic rings. The summed E-state index contributed by atoms with van der Waals surface area (Å²) in [5, 5.41) is 14.8. The molecule has 1 aromatic heterocycles. The number of hydrogen-bond donors (Lipinski definition) is 2. The van der Waals surface area contributed by atoms with Crippen molar-refractivity contribution in [2.24, 2.45) is 0 Å². The number of nitrogens with zero attached hydrogens (tertiary/aromatic N) is 2. The summed E-state index contributed by atoms with van der Waals surface area (Å²) in [7, 11) is 0. The first-order valence-corrected chi connectivity index (χ1v) is 5.41. The van der Waals surface area contributed by atoms with Crippen LogP contribution in [-0.4, -0.2) is 24.0 Å². The molecule has 1 heterocycles. The highest BCUT2D eigenvalue weighted by molar-refractivity contribution is 5.72. The predicted molar refractivity (Wildman–Crippen MR) is 65.6 cm³/mol. The van der Waals surface area contributed by atoms with E-state index in [-0.39, 0.29) is 5.91 Å². The van der Waals surface area contributed by atoms with Crippen LogP contribution in [0.3, 0.4) is 0 Å². The second-order valence-electron chi connectivity index (χ2n) is 3.83. The van der Waals surface area contributed by atoms with Gasteiger partial charge in [0.15, 0.2) is 0 Å². The van der Waals surface area contributed by atoms with Gasteiger partial charge in [0, 0.05) is 25.7 Å². The molecule has 1 aromatic rings. The molecule has 5 heteroatoms. The zero-order chi connectivity index (χ0) is 12.8. The molecule has 1 rings (SSSR count). The standard InChI is InChI=1S/C12H16N4O/c1-8-6-9(2)16-12(11(8)7-13)15-5-4-14-10(3)17/h6H,4-5H2,1-3H3,(H,14,17)(H,15,16). The molecule has 90 valence electrons. The Balaban J connectivity index is 2.70. The molecule has 0 radical (unpaired) electrons. The molecule has 0 bridgehead atoms. The zero-order valence-electron chi connectivity index (χ0n) is 10.3. The summed E-state index contributed by atoms with van der Waals surface area (Å²) in [4.78, 5) is 15.0. The Kier molecular flexibility index (Phi) is 4.46. The monoisotopic (exact) mass is 232 g/mol. The van der Waals surface area contributed by atoms with Gasteiger partial charge in [0.05, 0.1) is 5.56 Å². The Morgan fingerprint density at radius 3 is 2.76 bits per heavy atom. The van der Waals surface area contributed by atoms with E-state index < -0.39 is 0 Å². The van der Waals surface area contributed by atoms with Crippen molar-refractivity contribution in [1.29, 1.82) is 5.26 Å². The van der Waals surface area contributed by atoms with Crippen LogP contribution in [0.15, 0.2) is 6.07 Å². The molecular weight excluding hydrogens is 216 g/mol. The fourth-order valence-corrected chi connectivity index (χ4v) is 1.53. The zero-order valence-corrected chi connectivity index (χ0v) is 10.3.